The van der Waals surface area contributed by atoms with Crippen LogP contribution >= 0.6 is 0 Å². The summed E-state index contributed by atoms with van der Waals surface area (Å²) in [5.41, 5.74) is -1.26. The molecule has 1 N–H and O–H groups in total. The number of hydrogen-bond acceptors (Lipinski definition) is 2. The van der Waals surface area contributed by atoms with Gasteiger partial charge in [-0.15, -0.1) is 0 Å². The number of nitrogens with one attached hydrogen (secondary N) is 1. The predicted octanol–water partition coefficient (Wildman–Crippen LogP) is 3.38. The van der Waals surface area contributed by atoms with Crippen molar-refractivity contribution in [2.75, 3.05) is 5.32 Å². The Morgan fingerprint density at radius 3 is 2.10 bits per heavy atom. The van der Waals surface area contributed by atoms with Crippen LogP contribution in [0.1, 0.15) is 5.56 Å². The summed E-state index contributed by atoms with van der Waals surface area (Å²) in [4.78, 5) is 11.2. The fraction of sp³-hybridized carbons (Fsp3) is 0.273. The van der Waals surface area contributed by atoms with E-state index < -0.39 is 41.2 Å². The summed E-state index contributed by atoms with van der Waals surface area (Å²) < 4.78 is 86.6. The van der Waals surface area contributed by atoms with E-state index in [4.69, 9.17) is 5.26 Å². The van der Waals surface area contributed by atoms with Crippen molar-refractivity contribution in [2.45, 2.75) is 12.4 Å². The molecule has 1 amide bonds. The Labute approximate surface area is 113 Å². The minimum absolute atomic E-state index is 0.561. The number of anilines is 1. The lowest BCUT2D eigenvalue weighted by Crippen LogP contribution is -2.45. The molecule has 0 bridgehead atoms. The minimum atomic E-state index is -5.85. The summed E-state index contributed by atoms with van der Waals surface area (Å²) in [7, 11) is 0. The van der Waals surface area contributed by atoms with Crippen LogP contribution in [0.25, 0.3) is 0 Å². The van der Waals surface area contributed by atoms with Gasteiger partial charge in [0.05, 0.1) is 11.3 Å². The highest BCUT2D eigenvalue weighted by Crippen LogP contribution is 2.40. The molecule has 114 valence electrons. The lowest BCUT2D eigenvalue weighted by Gasteiger charge is -2.22. The first kappa shape index (κ1) is 16.7. The molecule has 1 aromatic carbocycles. The van der Waals surface area contributed by atoms with Crippen molar-refractivity contribution in [1.29, 1.82) is 5.26 Å². The highest BCUT2D eigenvalue weighted by atomic mass is 19.4. The molecular weight excluding hydrogens is 309 g/mol. The first-order valence-electron chi connectivity index (χ1n) is 5.10. The van der Waals surface area contributed by atoms with Gasteiger partial charge in [-0.1, -0.05) is 0 Å². The van der Waals surface area contributed by atoms with Crippen molar-refractivity contribution in [3.8, 4) is 6.07 Å². The summed E-state index contributed by atoms with van der Waals surface area (Å²) in [6.07, 6.45) is -11.7. The number of alkyl halides is 6. The van der Waals surface area contributed by atoms with Crippen molar-refractivity contribution in [1.82, 2.24) is 0 Å². The molecule has 3 nitrogen and oxygen atoms in total. The van der Waals surface area contributed by atoms with Crippen molar-refractivity contribution < 1.29 is 35.5 Å². The number of carbonyl (C=O) groups excluding carboxylic acids is 1. The molecule has 0 spiro atoms. The second-order valence-electron chi connectivity index (χ2n) is 3.81. The predicted molar refractivity (Wildman–Crippen MR) is 55.3 cm³/mol. The lowest BCUT2D eigenvalue weighted by molar-refractivity contribution is -0.272. The topological polar surface area (TPSA) is 52.9 Å². The molecule has 0 saturated carbocycles. The van der Waals surface area contributed by atoms with Crippen LogP contribution in [0, 0.1) is 23.1 Å². The molecule has 0 fully saturated rings. The molecule has 0 heterocycles. The minimum Gasteiger partial charge on any atom is -0.324 e. The molecule has 0 aliphatic heterocycles. The van der Waals surface area contributed by atoms with Gasteiger partial charge in [-0.3, -0.25) is 4.79 Å². The van der Waals surface area contributed by atoms with Gasteiger partial charge in [0, 0.05) is 0 Å². The third-order valence-corrected chi connectivity index (χ3v) is 2.28. The molecule has 0 unspecified atom stereocenters. The summed E-state index contributed by atoms with van der Waals surface area (Å²) >= 11 is 0. The number of amides is 1. The molecule has 1 aromatic rings. The number of carbonyl (C=O) groups is 1. The Hall–Kier alpha value is -2.31. The number of halogens is 7. The molecule has 10 heteroatoms. The number of nitriles is 1. The van der Waals surface area contributed by atoms with E-state index in [9.17, 15) is 35.5 Å². The zero-order valence-corrected chi connectivity index (χ0v) is 9.81. The molecule has 21 heavy (non-hydrogen) atoms. The Bertz CT molecular complexity index is 572. The van der Waals surface area contributed by atoms with Crippen LogP contribution in [0.3, 0.4) is 0 Å². The zero-order chi connectivity index (χ0) is 16.4. The Morgan fingerprint density at radius 1 is 1.14 bits per heavy atom. The summed E-state index contributed by atoms with van der Waals surface area (Å²) in [6, 6.07) is 3.27. The van der Waals surface area contributed by atoms with E-state index >= 15 is 0 Å². The second-order valence-corrected chi connectivity index (χ2v) is 3.81. The molecule has 1 rings (SSSR count). The van der Waals surface area contributed by atoms with Crippen LogP contribution in [0.15, 0.2) is 18.2 Å². The van der Waals surface area contributed by atoms with Crippen LogP contribution in [-0.4, -0.2) is 18.3 Å². The van der Waals surface area contributed by atoms with Crippen LogP contribution in [0.2, 0.25) is 0 Å². The average Bonchev–Trinajstić information content (AvgIpc) is 2.27. The Kier molecular flexibility index (Phi) is 4.46. The number of benzene rings is 1. The summed E-state index contributed by atoms with van der Waals surface area (Å²) in [5.74, 6) is -7.59. The molecule has 0 radical (unpaired) electrons. The third-order valence-electron chi connectivity index (χ3n) is 2.28. The largest absolute Gasteiger partial charge is 0.409 e. The van der Waals surface area contributed by atoms with E-state index in [-0.39, 0.29) is 0 Å². The number of rotatable bonds is 2. The normalized spacial score (nSPS) is 12.1. The molecule has 0 aliphatic carbocycles. The van der Waals surface area contributed by atoms with Gasteiger partial charge in [-0.25, -0.2) is 4.39 Å². The number of hydrogen-bond donors (Lipinski definition) is 1. The molecular formula is C11H5F7N2O. The maximum absolute atomic E-state index is 12.8. The van der Waals surface area contributed by atoms with Gasteiger partial charge in [0.1, 0.15) is 11.9 Å². The SMILES string of the molecule is N#Cc1cc(F)ccc1NC(=O)C(C(F)(F)F)C(F)(F)F. The van der Waals surface area contributed by atoms with Gasteiger partial charge in [0.15, 0.2) is 0 Å². The van der Waals surface area contributed by atoms with Crippen LogP contribution in [-0.2, 0) is 4.79 Å². The lowest BCUT2D eigenvalue weighted by atomic mass is 10.1. The van der Waals surface area contributed by atoms with Crippen molar-refractivity contribution in [3.63, 3.8) is 0 Å². The highest BCUT2D eigenvalue weighted by molar-refractivity contribution is 5.94. The molecule has 0 atom stereocenters. The zero-order valence-electron chi connectivity index (χ0n) is 9.81. The van der Waals surface area contributed by atoms with Crippen molar-refractivity contribution in [2.24, 2.45) is 5.92 Å². The van der Waals surface area contributed by atoms with E-state index in [1.165, 1.54) is 11.4 Å². The fourth-order valence-corrected chi connectivity index (χ4v) is 1.41. The van der Waals surface area contributed by atoms with Crippen molar-refractivity contribution >= 4 is 11.6 Å². The first-order chi connectivity index (χ1) is 9.46. The smallest absolute Gasteiger partial charge is 0.324 e. The van der Waals surface area contributed by atoms with Gasteiger partial charge in [0.2, 0.25) is 11.8 Å². The highest BCUT2D eigenvalue weighted by Gasteiger charge is 2.61. The number of nitrogens with zero attached hydrogens (tertiary/aromatic N) is 1. The van der Waals surface area contributed by atoms with Gasteiger partial charge in [-0.2, -0.15) is 31.6 Å². The van der Waals surface area contributed by atoms with E-state index in [2.05, 4.69) is 0 Å². The maximum atomic E-state index is 12.8. The standard InChI is InChI=1S/C11H5F7N2O/c12-6-1-2-7(5(3-6)4-19)20-9(21)8(10(13,14)15)11(16,17)18/h1-3,8H,(H,20,21). The molecule has 0 aliphatic rings. The van der Waals surface area contributed by atoms with Gasteiger partial charge in [0.25, 0.3) is 0 Å². The monoisotopic (exact) mass is 314 g/mol. The van der Waals surface area contributed by atoms with E-state index in [1.54, 1.807) is 0 Å². The third kappa shape index (κ3) is 4.08. The fourth-order valence-electron chi connectivity index (χ4n) is 1.41. The van der Waals surface area contributed by atoms with Crippen LogP contribution < -0.4 is 5.32 Å². The Morgan fingerprint density at radius 2 is 1.67 bits per heavy atom. The Balaban J connectivity index is 3.12. The van der Waals surface area contributed by atoms with E-state index in [0.29, 0.717) is 18.2 Å². The molecule has 0 saturated heterocycles. The second kappa shape index (κ2) is 5.59. The summed E-state index contributed by atoms with van der Waals surface area (Å²) in [5, 5.41) is 9.94. The average molecular weight is 314 g/mol. The van der Waals surface area contributed by atoms with Gasteiger partial charge in [-0.05, 0) is 18.2 Å². The van der Waals surface area contributed by atoms with Crippen molar-refractivity contribution in [3.05, 3.63) is 29.6 Å². The summed E-state index contributed by atoms with van der Waals surface area (Å²) in [6.45, 7) is 0. The van der Waals surface area contributed by atoms with E-state index in [0.717, 1.165) is 0 Å². The van der Waals surface area contributed by atoms with Crippen LogP contribution in [0.4, 0.5) is 36.4 Å². The van der Waals surface area contributed by atoms with Gasteiger partial charge < -0.3 is 5.32 Å². The van der Waals surface area contributed by atoms with Crippen LogP contribution in [0.5, 0.6) is 0 Å². The first-order valence-corrected chi connectivity index (χ1v) is 5.10. The maximum Gasteiger partial charge on any atom is 0.409 e. The van der Waals surface area contributed by atoms with Gasteiger partial charge >= 0.3 is 12.4 Å². The quantitative estimate of drug-likeness (QED) is 0.851. The van der Waals surface area contributed by atoms with E-state index in [1.807, 2.05) is 0 Å². The molecule has 0 aromatic heterocycles.